The molecule has 0 fully saturated rings. The minimum Gasteiger partial charge on any atom is -0.312 e. The van der Waals surface area contributed by atoms with Gasteiger partial charge in [-0.2, -0.15) is 0 Å². The van der Waals surface area contributed by atoms with E-state index < -0.39 is 0 Å². The van der Waals surface area contributed by atoms with E-state index in [9.17, 15) is 4.79 Å². The molecular formula is C13H14Cl2N2O. The van der Waals surface area contributed by atoms with Crippen LogP contribution in [0.2, 0.25) is 10.0 Å². The molecule has 0 bridgehead atoms. The van der Waals surface area contributed by atoms with Crippen LogP contribution in [0.4, 0.5) is 0 Å². The average molecular weight is 285 g/mol. The monoisotopic (exact) mass is 284 g/mol. The Morgan fingerprint density at radius 3 is 2.39 bits per heavy atom. The average Bonchev–Trinajstić information content (AvgIpc) is 2.64. The number of hydrogen-bond donors (Lipinski definition) is 1. The van der Waals surface area contributed by atoms with E-state index in [1.807, 2.05) is 20.8 Å². The van der Waals surface area contributed by atoms with E-state index >= 15 is 0 Å². The van der Waals surface area contributed by atoms with E-state index in [0.29, 0.717) is 15.7 Å². The highest BCUT2D eigenvalue weighted by molar-refractivity contribution is 6.42. The van der Waals surface area contributed by atoms with Crippen molar-refractivity contribution in [1.29, 1.82) is 0 Å². The third-order valence-corrected chi connectivity index (χ3v) is 3.45. The normalized spacial score (nSPS) is 11.8. The lowest BCUT2D eigenvalue weighted by molar-refractivity contribution is 0.554. The number of nitrogens with zero attached hydrogens (tertiary/aromatic N) is 1. The van der Waals surface area contributed by atoms with E-state index in [1.165, 1.54) is 0 Å². The van der Waals surface area contributed by atoms with E-state index in [-0.39, 0.29) is 11.1 Å². The van der Waals surface area contributed by atoms with Crippen molar-refractivity contribution in [3.05, 3.63) is 50.6 Å². The summed E-state index contributed by atoms with van der Waals surface area (Å²) in [7, 11) is 0. The zero-order valence-electron chi connectivity index (χ0n) is 10.4. The molecule has 1 heterocycles. The second-order valence-corrected chi connectivity index (χ2v) is 5.98. The standard InChI is InChI=1S/C13H14Cl2N2O/c1-13(2,3)11-7-16-12(18)17(11)8-4-5-9(14)10(15)6-8/h4-7H,1-3H3,(H,16,18). The molecule has 0 aliphatic carbocycles. The van der Waals surface area contributed by atoms with Crippen LogP contribution in [0.1, 0.15) is 26.5 Å². The minimum atomic E-state index is -0.182. The third kappa shape index (κ3) is 2.33. The van der Waals surface area contributed by atoms with Crippen LogP contribution in [-0.4, -0.2) is 9.55 Å². The molecule has 0 spiro atoms. The van der Waals surface area contributed by atoms with Crippen molar-refractivity contribution in [3.63, 3.8) is 0 Å². The van der Waals surface area contributed by atoms with Crippen molar-refractivity contribution < 1.29 is 0 Å². The molecule has 0 saturated heterocycles. The molecular weight excluding hydrogens is 271 g/mol. The smallest absolute Gasteiger partial charge is 0.312 e. The van der Waals surface area contributed by atoms with Crippen LogP contribution in [0.25, 0.3) is 5.69 Å². The van der Waals surface area contributed by atoms with Crippen molar-refractivity contribution in [3.8, 4) is 5.69 Å². The molecule has 1 aromatic carbocycles. The molecule has 3 nitrogen and oxygen atoms in total. The summed E-state index contributed by atoms with van der Waals surface area (Å²) in [5, 5.41) is 0.906. The van der Waals surface area contributed by atoms with E-state index in [4.69, 9.17) is 23.2 Å². The summed E-state index contributed by atoms with van der Waals surface area (Å²) in [6.07, 6.45) is 1.73. The van der Waals surface area contributed by atoms with Crippen LogP contribution in [0.5, 0.6) is 0 Å². The van der Waals surface area contributed by atoms with Gasteiger partial charge in [-0.3, -0.25) is 4.57 Å². The van der Waals surface area contributed by atoms with Gasteiger partial charge in [0, 0.05) is 17.3 Å². The van der Waals surface area contributed by atoms with Gasteiger partial charge in [0.2, 0.25) is 0 Å². The summed E-state index contributed by atoms with van der Waals surface area (Å²) in [4.78, 5) is 14.6. The highest BCUT2D eigenvalue weighted by Crippen LogP contribution is 2.27. The van der Waals surface area contributed by atoms with Crippen LogP contribution in [0.15, 0.2) is 29.2 Å². The van der Waals surface area contributed by atoms with Gasteiger partial charge in [-0.1, -0.05) is 44.0 Å². The summed E-state index contributed by atoms with van der Waals surface area (Å²) >= 11 is 11.9. The molecule has 0 saturated carbocycles. The van der Waals surface area contributed by atoms with E-state index in [1.54, 1.807) is 29.0 Å². The molecule has 96 valence electrons. The second kappa shape index (κ2) is 4.48. The highest BCUT2D eigenvalue weighted by Gasteiger charge is 2.21. The molecule has 5 heteroatoms. The first-order valence-corrected chi connectivity index (χ1v) is 6.32. The number of aromatic nitrogens is 2. The first-order chi connectivity index (χ1) is 8.30. The van der Waals surface area contributed by atoms with E-state index in [2.05, 4.69) is 4.98 Å². The lowest BCUT2D eigenvalue weighted by Gasteiger charge is -2.20. The predicted molar refractivity (Wildman–Crippen MR) is 75.1 cm³/mol. The Hall–Kier alpha value is -1.19. The zero-order chi connectivity index (χ0) is 13.5. The topological polar surface area (TPSA) is 37.8 Å². The molecule has 18 heavy (non-hydrogen) atoms. The maximum Gasteiger partial charge on any atom is 0.330 e. The number of H-pyrrole nitrogens is 1. The van der Waals surface area contributed by atoms with Crippen molar-refractivity contribution in [1.82, 2.24) is 9.55 Å². The quantitative estimate of drug-likeness (QED) is 0.851. The Bertz CT molecular complexity index is 635. The van der Waals surface area contributed by atoms with Crippen LogP contribution in [0, 0.1) is 0 Å². The molecule has 2 rings (SSSR count). The maximum atomic E-state index is 11.9. The Morgan fingerprint density at radius 1 is 1.17 bits per heavy atom. The summed E-state index contributed by atoms with van der Waals surface area (Å²) < 4.78 is 1.61. The zero-order valence-corrected chi connectivity index (χ0v) is 11.9. The van der Waals surface area contributed by atoms with E-state index in [0.717, 1.165) is 5.69 Å². The number of imidazole rings is 1. The van der Waals surface area contributed by atoms with Crippen LogP contribution in [0.3, 0.4) is 0 Å². The lowest BCUT2D eigenvalue weighted by Crippen LogP contribution is -2.23. The molecule has 0 amide bonds. The number of benzene rings is 1. The first-order valence-electron chi connectivity index (χ1n) is 5.57. The van der Waals surface area contributed by atoms with Crippen molar-refractivity contribution in [2.45, 2.75) is 26.2 Å². The van der Waals surface area contributed by atoms with Crippen molar-refractivity contribution in [2.75, 3.05) is 0 Å². The molecule has 0 aliphatic heterocycles. The van der Waals surface area contributed by atoms with Gasteiger partial charge in [-0.15, -0.1) is 0 Å². The molecule has 0 atom stereocenters. The Morgan fingerprint density at radius 2 is 1.83 bits per heavy atom. The summed E-state index contributed by atoms with van der Waals surface area (Å²) in [6.45, 7) is 6.14. The maximum absolute atomic E-state index is 11.9. The summed E-state index contributed by atoms with van der Waals surface area (Å²) in [6, 6.07) is 5.15. The van der Waals surface area contributed by atoms with Gasteiger partial charge >= 0.3 is 5.69 Å². The lowest BCUT2D eigenvalue weighted by atomic mass is 9.92. The first kappa shape index (κ1) is 13.2. The second-order valence-electron chi connectivity index (χ2n) is 5.16. The minimum absolute atomic E-state index is 0.148. The SMILES string of the molecule is CC(C)(C)c1c[nH]c(=O)n1-c1ccc(Cl)c(Cl)c1. The molecule has 0 radical (unpaired) electrons. The summed E-state index contributed by atoms with van der Waals surface area (Å²) in [5.74, 6) is 0. The fraction of sp³-hybridized carbons (Fsp3) is 0.308. The van der Waals surface area contributed by atoms with Crippen LogP contribution >= 0.6 is 23.2 Å². The van der Waals surface area contributed by atoms with Crippen molar-refractivity contribution >= 4 is 23.2 Å². The number of aromatic amines is 1. The third-order valence-electron chi connectivity index (χ3n) is 2.71. The number of nitrogens with one attached hydrogen (secondary N) is 1. The van der Waals surface area contributed by atoms with Gasteiger partial charge in [0.1, 0.15) is 0 Å². The fourth-order valence-electron chi connectivity index (χ4n) is 1.80. The van der Waals surface area contributed by atoms with Gasteiger partial charge in [-0.25, -0.2) is 4.79 Å². The fourth-order valence-corrected chi connectivity index (χ4v) is 2.09. The van der Waals surface area contributed by atoms with Gasteiger partial charge < -0.3 is 4.98 Å². The van der Waals surface area contributed by atoms with Crippen LogP contribution in [-0.2, 0) is 5.41 Å². The molecule has 2 aromatic rings. The van der Waals surface area contributed by atoms with Crippen LogP contribution < -0.4 is 5.69 Å². The Labute approximate surface area is 115 Å². The molecule has 1 N–H and O–H groups in total. The Balaban J connectivity index is 2.67. The van der Waals surface area contributed by atoms with Gasteiger partial charge in [-0.05, 0) is 18.2 Å². The molecule has 1 aromatic heterocycles. The predicted octanol–water partition coefficient (Wildman–Crippen LogP) is 3.77. The summed E-state index contributed by atoms with van der Waals surface area (Å²) in [5.41, 5.74) is 1.27. The van der Waals surface area contributed by atoms with Crippen molar-refractivity contribution in [2.24, 2.45) is 0 Å². The number of rotatable bonds is 1. The van der Waals surface area contributed by atoms with Gasteiger partial charge in [0.05, 0.1) is 15.7 Å². The number of hydrogen-bond acceptors (Lipinski definition) is 1. The van der Waals surface area contributed by atoms with Gasteiger partial charge in [0.25, 0.3) is 0 Å². The molecule has 0 aliphatic rings. The Kier molecular flexibility index (Phi) is 3.30. The highest BCUT2D eigenvalue weighted by atomic mass is 35.5. The number of halogens is 2. The largest absolute Gasteiger partial charge is 0.330 e. The molecule has 0 unspecified atom stereocenters. The van der Waals surface area contributed by atoms with Gasteiger partial charge in [0.15, 0.2) is 0 Å².